The smallest absolute Gasteiger partial charge is 0.132 e. The minimum Gasteiger partial charge on any atom is -0.294 e. The minimum absolute atomic E-state index is 0.137. The number of hydrogen-bond acceptors (Lipinski definition) is 3. The zero-order chi connectivity index (χ0) is 11.8. The van der Waals surface area contributed by atoms with Crippen molar-refractivity contribution in [3.63, 3.8) is 0 Å². The van der Waals surface area contributed by atoms with Gasteiger partial charge in [0.15, 0.2) is 0 Å². The SMILES string of the molecule is CC(Cl)c1nc2cnccc2n1-c1ccsc1. The van der Waals surface area contributed by atoms with E-state index in [-0.39, 0.29) is 5.38 Å². The van der Waals surface area contributed by atoms with Gasteiger partial charge in [-0.3, -0.25) is 9.55 Å². The Morgan fingerprint density at radius 2 is 2.29 bits per heavy atom. The number of hydrogen-bond donors (Lipinski definition) is 0. The summed E-state index contributed by atoms with van der Waals surface area (Å²) < 4.78 is 2.09. The van der Waals surface area contributed by atoms with E-state index >= 15 is 0 Å². The van der Waals surface area contributed by atoms with Crippen molar-refractivity contribution in [1.82, 2.24) is 14.5 Å². The Morgan fingerprint density at radius 3 is 3.00 bits per heavy atom. The van der Waals surface area contributed by atoms with Crippen LogP contribution in [0.4, 0.5) is 0 Å². The van der Waals surface area contributed by atoms with Crippen LogP contribution in [0.3, 0.4) is 0 Å². The number of halogens is 1. The van der Waals surface area contributed by atoms with Gasteiger partial charge in [-0.2, -0.15) is 11.3 Å². The van der Waals surface area contributed by atoms with Crippen LogP contribution in [-0.2, 0) is 0 Å². The van der Waals surface area contributed by atoms with E-state index in [2.05, 4.69) is 26.0 Å². The molecule has 0 aromatic carbocycles. The average molecular weight is 264 g/mol. The molecule has 0 radical (unpaired) electrons. The normalized spacial score (nSPS) is 13.1. The van der Waals surface area contributed by atoms with Crippen molar-refractivity contribution < 1.29 is 0 Å². The highest BCUT2D eigenvalue weighted by Gasteiger charge is 2.16. The van der Waals surface area contributed by atoms with E-state index < -0.39 is 0 Å². The molecule has 0 saturated heterocycles. The number of thiophene rings is 1. The standard InChI is InChI=1S/C12H10ClN3S/c1-8(13)12-15-10-6-14-4-2-11(10)16(12)9-3-5-17-7-9/h2-8H,1H3. The Morgan fingerprint density at radius 1 is 1.41 bits per heavy atom. The van der Waals surface area contributed by atoms with Crippen molar-refractivity contribution >= 4 is 34.0 Å². The third-order valence-electron chi connectivity index (χ3n) is 2.60. The molecule has 86 valence electrons. The van der Waals surface area contributed by atoms with Crippen LogP contribution in [0, 0.1) is 0 Å². The van der Waals surface area contributed by atoms with Crippen LogP contribution in [0.1, 0.15) is 18.1 Å². The summed E-state index contributed by atoms with van der Waals surface area (Å²) >= 11 is 7.86. The first-order valence-corrected chi connectivity index (χ1v) is 6.64. The molecular formula is C12H10ClN3S. The van der Waals surface area contributed by atoms with Gasteiger partial charge < -0.3 is 0 Å². The summed E-state index contributed by atoms with van der Waals surface area (Å²) in [6.07, 6.45) is 3.54. The topological polar surface area (TPSA) is 30.7 Å². The van der Waals surface area contributed by atoms with E-state index in [9.17, 15) is 0 Å². The number of rotatable bonds is 2. The van der Waals surface area contributed by atoms with Crippen molar-refractivity contribution in [1.29, 1.82) is 0 Å². The van der Waals surface area contributed by atoms with Gasteiger partial charge in [0.1, 0.15) is 11.3 Å². The van der Waals surface area contributed by atoms with Crippen LogP contribution in [0.25, 0.3) is 16.7 Å². The van der Waals surface area contributed by atoms with Crippen LogP contribution in [0.15, 0.2) is 35.3 Å². The van der Waals surface area contributed by atoms with Crippen molar-refractivity contribution in [3.8, 4) is 5.69 Å². The lowest BCUT2D eigenvalue weighted by atomic mass is 10.3. The van der Waals surface area contributed by atoms with E-state index in [4.69, 9.17) is 11.6 Å². The van der Waals surface area contributed by atoms with Crippen LogP contribution in [-0.4, -0.2) is 14.5 Å². The highest BCUT2D eigenvalue weighted by atomic mass is 35.5. The lowest BCUT2D eigenvalue weighted by molar-refractivity contribution is 0.885. The van der Waals surface area contributed by atoms with Crippen molar-refractivity contribution in [2.24, 2.45) is 0 Å². The maximum absolute atomic E-state index is 6.20. The van der Waals surface area contributed by atoms with Crippen molar-refractivity contribution in [2.75, 3.05) is 0 Å². The molecule has 0 N–H and O–H groups in total. The zero-order valence-corrected chi connectivity index (χ0v) is 10.7. The van der Waals surface area contributed by atoms with Gasteiger partial charge in [0.25, 0.3) is 0 Å². The molecule has 1 atom stereocenters. The predicted molar refractivity (Wildman–Crippen MR) is 71.0 cm³/mol. The molecule has 0 fully saturated rings. The second kappa shape index (κ2) is 4.13. The van der Waals surface area contributed by atoms with Gasteiger partial charge in [0.2, 0.25) is 0 Å². The Labute approximate surface area is 108 Å². The molecule has 17 heavy (non-hydrogen) atoms. The molecule has 0 bridgehead atoms. The molecule has 0 aliphatic carbocycles. The molecule has 3 rings (SSSR count). The summed E-state index contributed by atoms with van der Waals surface area (Å²) in [6, 6.07) is 4.03. The van der Waals surface area contributed by atoms with E-state index in [0.717, 1.165) is 22.5 Å². The fraction of sp³-hybridized carbons (Fsp3) is 0.167. The van der Waals surface area contributed by atoms with Gasteiger partial charge in [0, 0.05) is 11.6 Å². The minimum atomic E-state index is -0.137. The first-order valence-electron chi connectivity index (χ1n) is 5.26. The monoisotopic (exact) mass is 263 g/mol. The molecule has 5 heteroatoms. The molecule has 3 aromatic heterocycles. The van der Waals surface area contributed by atoms with Gasteiger partial charge in [-0.05, 0) is 24.4 Å². The number of nitrogens with zero attached hydrogens (tertiary/aromatic N) is 3. The molecule has 1 unspecified atom stereocenters. The summed E-state index contributed by atoms with van der Waals surface area (Å²) in [5, 5.41) is 4.00. The highest BCUT2D eigenvalue weighted by molar-refractivity contribution is 7.08. The molecule has 3 aromatic rings. The van der Waals surface area contributed by atoms with Gasteiger partial charge in [-0.15, -0.1) is 11.6 Å². The van der Waals surface area contributed by atoms with Crippen molar-refractivity contribution in [3.05, 3.63) is 41.1 Å². The third-order valence-corrected chi connectivity index (χ3v) is 3.47. The molecule has 0 aliphatic heterocycles. The lowest BCUT2D eigenvalue weighted by Gasteiger charge is -2.07. The van der Waals surface area contributed by atoms with E-state index in [0.29, 0.717) is 0 Å². The molecule has 0 saturated carbocycles. The number of alkyl halides is 1. The van der Waals surface area contributed by atoms with E-state index in [1.807, 2.05) is 18.4 Å². The maximum Gasteiger partial charge on any atom is 0.132 e. The summed E-state index contributed by atoms with van der Waals surface area (Å²) in [5.74, 6) is 0.855. The van der Waals surface area contributed by atoms with Crippen LogP contribution >= 0.6 is 22.9 Å². The van der Waals surface area contributed by atoms with Crippen LogP contribution in [0.2, 0.25) is 0 Å². The fourth-order valence-corrected chi connectivity index (χ4v) is 2.64. The molecule has 0 amide bonds. The maximum atomic E-state index is 6.20. The van der Waals surface area contributed by atoms with Gasteiger partial charge in [-0.25, -0.2) is 4.98 Å². The van der Waals surface area contributed by atoms with Crippen molar-refractivity contribution in [2.45, 2.75) is 12.3 Å². The third kappa shape index (κ3) is 1.73. The lowest BCUT2D eigenvalue weighted by Crippen LogP contribution is -2.00. The van der Waals surface area contributed by atoms with Gasteiger partial charge in [0.05, 0.1) is 22.8 Å². The number of imidazole rings is 1. The molecule has 3 nitrogen and oxygen atoms in total. The summed E-state index contributed by atoms with van der Waals surface area (Å²) in [4.78, 5) is 8.63. The second-order valence-electron chi connectivity index (χ2n) is 3.77. The highest BCUT2D eigenvalue weighted by Crippen LogP contribution is 2.28. The Balaban J connectivity index is 2.36. The quantitative estimate of drug-likeness (QED) is 0.659. The fourth-order valence-electron chi connectivity index (χ4n) is 1.87. The predicted octanol–water partition coefficient (Wildman–Crippen LogP) is 3.78. The Kier molecular flexibility index (Phi) is 2.61. The Hall–Kier alpha value is -1.39. The molecule has 0 spiro atoms. The molecule has 3 heterocycles. The number of aromatic nitrogens is 3. The molecular weight excluding hydrogens is 254 g/mol. The second-order valence-corrected chi connectivity index (χ2v) is 5.20. The number of pyridine rings is 1. The van der Waals surface area contributed by atoms with Crippen LogP contribution < -0.4 is 0 Å². The van der Waals surface area contributed by atoms with Gasteiger partial charge >= 0.3 is 0 Å². The average Bonchev–Trinajstić information content (AvgIpc) is 2.94. The van der Waals surface area contributed by atoms with Gasteiger partial charge in [-0.1, -0.05) is 0 Å². The summed E-state index contributed by atoms with van der Waals surface area (Å²) in [6.45, 7) is 1.93. The largest absolute Gasteiger partial charge is 0.294 e. The van der Waals surface area contributed by atoms with Crippen LogP contribution in [0.5, 0.6) is 0 Å². The summed E-state index contributed by atoms with van der Waals surface area (Å²) in [5.41, 5.74) is 3.02. The number of fused-ring (bicyclic) bond motifs is 1. The first kappa shape index (κ1) is 10.7. The Bertz CT molecular complexity index is 643. The first-order chi connectivity index (χ1) is 8.27. The summed E-state index contributed by atoms with van der Waals surface area (Å²) in [7, 11) is 0. The van der Waals surface area contributed by atoms with E-state index in [1.54, 1.807) is 23.7 Å². The van der Waals surface area contributed by atoms with E-state index in [1.165, 1.54) is 0 Å². The molecule has 0 aliphatic rings. The zero-order valence-electron chi connectivity index (χ0n) is 9.17.